The molecule has 4 atom stereocenters. The summed E-state index contributed by atoms with van der Waals surface area (Å²) in [7, 11) is 0. The van der Waals surface area contributed by atoms with Gasteiger partial charge in [0.05, 0.1) is 6.10 Å². The van der Waals surface area contributed by atoms with Gasteiger partial charge >= 0.3 is 0 Å². The molecule has 0 heterocycles. The van der Waals surface area contributed by atoms with Crippen molar-refractivity contribution in [3.05, 3.63) is 10.1 Å². The molecule has 5 heteroatoms. The zero-order chi connectivity index (χ0) is 8.72. The Morgan fingerprint density at radius 2 is 2.25 bits per heavy atom. The van der Waals surface area contributed by atoms with Crippen LogP contribution in [0.1, 0.15) is 19.3 Å². The van der Waals surface area contributed by atoms with Crippen LogP contribution in [0.25, 0.3) is 0 Å². The minimum Gasteiger partial charge on any atom is -0.392 e. The Labute approximate surface area is 69.4 Å². The minimum absolute atomic E-state index is 0.000370. The van der Waals surface area contributed by atoms with E-state index < -0.39 is 5.09 Å². The second-order valence-electron chi connectivity index (χ2n) is 3.60. The van der Waals surface area contributed by atoms with E-state index in [1.807, 2.05) is 0 Å². The zero-order valence-electron chi connectivity index (χ0n) is 6.55. The molecule has 68 valence electrons. The molecule has 0 aromatic heterocycles. The third kappa shape index (κ3) is 1.04. The number of hydrogen-bond donors (Lipinski definition) is 1. The van der Waals surface area contributed by atoms with Crippen LogP contribution in [0.15, 0.2) is 0 Å². The summed E-state index contributed by atoms with van der Waals surface area (Å²) in [4.78, 5) is 14.5. The van der Waals surface area contributed by atoms with Gasteiger partial charge in [0, 0.05) is 5.92 Å². The number of fused-ring (bicyclic) bond motifs is 2. The highest BCUT2D eigenvalue weighted by Crippen LogP contribution is 2.45. The van der Waals surface area contributed by atoms with Crippen molar-refractivity contribution < 1.29 is 15.0 Å². The van der Waals surface area contributed by atoms with E-state index in [1.165, 1.54) is 0 Å². The number of aliphatic hydroxyl groups excluding tert-OH is 1. The van der Waals surface area contributed by atoms with Crippen molar-refractivity contribution in [1.29, 1.82) is 0 Å². The molecule has 2 fully saturated rings. The van der Waals surface area contributed by atoms with Gasteiger partial charge in [0.2, 0.25) is 0 Å². The lowest BCUT2D eigenvalue weighted by Crippen LogP contribution is -2.25. The molecule has 1 N–H and O–H groups in total. The fourth-order valence-corrected chi connectivity index (χ4v) is 2.47. The van der Waals surface area contributed by atoms with Crippen LogP contribution < -0.4 is 0 Å². The van der Waals surface area contributed by atoms with Crippen molar-refractivity contribution in [1.82, 2.24) is 0 Å². The molecular formula is C7H11NO4. The number of hydrogen-bond acceptors (Lipinski definition) is 4. The molecule has 0 amide bonds. The first-order valence-electron chi connectivity index (χ1n) is 4.17. The van der Waals surface area contributed by atoms with E-state index in [-0.39, 0.29) is 24.0 Å². The maximum Gasteiger partial charge on any atom is 0.294 e. The topological polar surface area (TPSA) is 72.6 Å². The molecule has 0 saturated heterocycles. The van der Waals surface area contributed by atoms with Crippen LogP contribution in [-0.4, -0.2) is 22.4 Å². The van der Waals surface area contributed by atoms with Gasteiger partial charge in [0.1, 0.15) is 6.10 Å². The van der Waals surface area contributed by atoms with Crippen LogP contribution in [0.3, 0.4) is 0 Å². The van der Waals surface area contributed by atoms with Crippen molar-refractivity contribution in [2.75, 3.05) is 0 Å². The lowest BCUT2D eigenvalue weighted by molar-refractivity contribution is -0.770. The fraction of sp³-hybridized carbons (Fsp3) is 1.00. The summed E-state index contributed by atoms with van der Waals surface area (Å²) >= 11 is 0. The second kappa shape index (κ2) is 2.58. The first-order valence-corrected chi connectivity index (χ1v) is 4.17. The van der Waals surface area contributed by atoms with Crippen LogP contribution in [0.4, 0.5) is 0 Å². The molecule has 0 radical (unpaired) electrons. The van der Waals surface area contributed by atoms with Gasteiger partial charge in [-0.3, -0.25) is 0 Å². The molecule has 5 nitrogen and oxygen atoms in total. The van der Waals surface area contributed by atoms with Crippen molar-refractivity contribution >= 4 is 0 Å². The van der Waals surface area contributed by atoms with E-state index >= 15 is 0 Å². The van der Waals surface area contributed by atoms with Crippen LogP contribution in [0, 0.1) is 22.0 Å². The molecule has 2 saturated carbocycles. The van der Waals surface area contributed by atoms with E-state index in [0.29, 0.717) is 6.42 Å². The van der Waals surface area contributed by atoms with Crippen LogP contribution >= 0.6 is 0 Å². The monoisotopic (exact) mass is 173 g/mol. The van der Waals surface area contributed by atoms with Crippen molar-refractivity contribution in [2.45, 2.75) is 31.5 Å². The summed E-state index contributed by atoms with van der Waals surface area (Å²) in [5.41, 5.74) is 0. The fourth-order valence-electron chi connectivity index (χ4n) is 2.47. The van der Waals surface area contributed by atoms with Crippen molar-refractivity contribution in [3.63, 3.8) is 0 Å². The van der Waals surface area contributed by atoms with Crippen molar-refractivity contribution in [3.8, 4) is 0 Å². The van der Waals surface area contributed by atoms with Crippen molar-refractivity contribution in [2.24, 2.45) is 11.8 Å². The lowest BCUT2D eigenvalue weighted by Gasteiger charge is -2.18. The van der Waals surface area contributed by atoms with Gasteiger partial charge in [-0.05, 0) is 25.2 Å². The largest absolute Gasteiger partial charge is 0.392 e. The van der Waals surface area contributed by atoms with Crippen LogP contribution in [0.2, 0.25) is 0 Å². The number of nitrogens with zero attached hydrogens (tertiary/aromatic N) is 1. The maximum absolute atomic E-state index is 10.0. The Morgan fingerprint density at radius 3 is 2.67 bits per heavy atom. The van der Waals surface area contributed by atoms with Gasteiger partial charge in [0.25, 0.3) is 5.09 Å². The SMILES string of the molecule is O=[N+]([O-])O[C@@H]1C[C@@H]2CC[C@H]1[C@@H]2O. The molecule has 2 bridgehead atoms. The van der Waals surface area contributed by atoms with Gasteiger partial charge in [-0.2, -0.15) is 0 Å². The molecule has 12 heavy (non-hydrogen) atoms. The summed E-state index contributed by atoms with van der Waals surface area (Å²) in [5, 5.41) is 18.8. The molecular weight excluding hydrogens is 162 g/mol. The Balaban J connectivity index is 1.99. The van der Waals surface area contributed by atoms with Gasteiger partial charge < -0.3 is 9.94 Å². The Kier molecular flexibility index (Phi) is 1.68. The molecule has 0 aromatic rings. The molecule has 0 unspecified atom stereocenters. The van der Waals surface area contributed by atoms with E-state index in [9.17, 15) is 15.2 Å². The smallest absolute Gasteiger partial charge is 0.294 e. The highest BCUT2D eigenvalue weighted by molar-refractivity contribution is 4.97. The average molecular weight is 173 g/mol. The molecule has 0 aromatic carbocycles. The summed E-state index contributed by atoms with van der Waals surface area (Å²) in [6.45, 7) is 0. The predicted octanol–water partition coefficient (Wildman–Crippen LogP) is 0.354. The van der Waals surface area contributed by atoms with E-state index in [2.05, 4.69) is 4.84 Å². The standard InChI is InChI=1S/C7H11NO4/c9-7-4-1-2-5(7)6(3-4)12-8(10)11/h4-7,9H,1-3H2/t4-,5+,6+,7+/m0/s1. The summed E-state index contributed by atoms with van der Waals surface area (Å²) in [6, 6.07) is 0. The third-order valence-electron chi connectivity index (χ3n) is 3.03. The molecule has 0 aliphatic heterocycles. The van der Waals surface area contributed by atoms with Gasteiger partial charge in [-0.25, -0.2) is 0 Å². The maximum atomic E-state index is 10.0. The zero-order valence-corrected chi connectivity index (χ0v) is 6.55. The first-order chi connectivity index (χ1) is 5.68. The van der Waals surface area contributed by atoms with E-state index in [0.717, 1.165) is 12.8 Å². The highest BCUT2D eigenvalue weighted by atomic mass is 17.0. The third-order valence-corrected chi connectivity index (χ3v) is 3.03. The Morgan fingerprint density at radius 1 is 1.50 bits per heavy atom. The van der Waals surface area contributed by atoms with Gasteiger partial charge in [-0.15, -0.1) is 10.1 Å². The van der Waals surface area contributed by atoms with Gasteiger partial charge in [-0.1, -0.05) is 0 Å². The Bertz CT molecular complexity index is 208. The number of aliphatic hydroxyl groups is 1. The predicted molar refractivity (Wildman–Crippen MR) is 38.7 cm³/mol. The molecule has 0 spiro atoms. The average Bonchev–Trinajstić information content (AvgIpc) is 2.44. The highest BCUT2D eigenvalue weighted by Gasteiger charge is 2.48. The minimum atomic E-state index is -0.752. The normalized spacial score (nSPS) is 44.8. The lowest BCUT2D eigenvalue weighted by atomic mass is 9.98. The summed E-state index contributed by atoms with van der Waals surface area (Å²) in [5.74, 6) is 0.236. The van der Waals surface area contributed by atoms with E-state index in [4.69, 9.17) is 0 Å². The van der Waals surface area contributed by atoms with Crippen LogP contribution in [-0.2, 0) is 4.84 Å². The molecule has 2 aliphatic carbocycles. The van der Waals surface area contributed by atoms with Crippen LogP contribution in [0.5, 0.6) is 0 Å². The number of rotatable bonds is 2. The molecule has 2 rings (SSSR count). The summed E-state index contributed by atoms with van der Waals surface area (Å²) < 4.78 is 0. The van der Waals surface area contributed by atoms with Gasteiger partial charge in [0.15, 0.2) is 0 Å². The summed E-state index contributed by atoms with van der Waals surface area (Å²) in [6.07, 6.45) is 1.78. The second-order valence-corrected chi connectivity index (χ2v) is 3.60. The quantitative estimate of drug-likeness (QED) is 0.483. The Hall–Kier alpha value is -0.840. The molecule has 2 aliphatic rings. The van der Waals surface area contributed by atoms with E-state index in [1.54, 1.807) is 0 Å². The first kappa shape index (κ1) is 7.79.